The fourth-order valence-electron chi connectivity index (χ4n) is 3.60. The van der Waals surface area contributed by atoms with Crippen molar-refractivity contribution in [3.05, 3.63) is 36.0 Å². The molecule has 4 rings (SSSR count). The van der Waals surface area contributed by atoms with Gasteiger partial charge in [0.25, 0.3) is 0 Å². The first kappa shape index (κ1) is 28.2. The van der Waals surface area contributed by atoms with Gasteiger partial charge in [-0.25, -0.2) is 0 Å². The van der Waals surface area contributed by atoms with Gasteiger partial charge in [-0.05, 0) is 56.7 Å². The van der Waals surface area contributed by atoms with E-state index in [1.165, 1.54) is 45.0 Å². The Labute approximate surface area is 194 Å². The second-order valence-corrected chi connectivity index (χ2v) is 7.35. The molecule has 2 aromatic heterocycles. The molecule has 6 nitrogen and oxygen atoms in total. The van der Waals surface area contributed by atoms with Crippen LogP contribution in [0.2, 0.25) is 0 Å². The number of halogens is 3. The summed E-state index contributed by atoms with van der Waals surface area (Å²) >= 11 is 0. The van der Waals surface area contributed by atoms with Crippen molar-refractivity contribution in [2.24, 2.45) is 7.05 Å². The minimum atomic E-state index is -4.52. The highest BCUT2D eigenvalue weighted by Crippen LogP contribution is 2.38. The van der Waals surface area contributed by atoms with E-state index in [1.54, 1.807) is 23.9 Å². The Balaban J connectivity index is 0.000000418. The molecular weight excluding hydrogens is 431 g/mol. The molecule has 0 aliphatic carbocycles. The second kappa shape index (κ2) is 12.4. The lowest BCUT2D eigenvalue weighted by atomic mass is 10.1. The summed E-state index contributed by atoms with van der Waals surface area (Å²) in [6.45, 7) is 10.2. The van der Waals surface area contributed by atoms with Gasteiger partial charge in [0.15, 0.2) is 5.82 Å². The number of hydrogen-bond donors (Lipinski definition) is 2. The van der Waals surface area contributed by atoms with Crippen LogP contribution in [-0.2, 0) is 13.2 Å². The highest BCUT2D eigenvalue weighted by atomic mass is 19.4. The Bertz CT molecular complexity index is 1010. The molecule has 1 fully saturated rings. The number of rotatable bonds is 2. The smallest absolute Gasteiger partial charge is 0.416 e. The Morgan fingerprint density at radius 2 is 1.70 bits per heavy atom. The van der Waals surface area contributed by atoms with E-state index in [-0.39, 0.29) is 24.5 Å². The van der Waals surface area contributed by atoms with Gasteiger partial charge >= 0.3 is 6.18 Å². The van der Waals surface area contributed by atoms with Gasteiger partial charge in [-0.2, -0.15) is 13.2 Å². The number of fused-ring (bicyclic) bond motifs is 1. The number of phenols is 1. The predicted molar refractivity (Wildman–Crippen MR) is 129 cm³/mol. The lowest BCUT2D eigenvalue weighted by molar-refractivity contribution is -0.137. The Hall–Kier alpha value is -2.81. The van der Waals surface area contributed by atoms with Crippen LogP contribution >= 0.6 is 0 Å². The maximum atomic E-state index is 12.7. The molecule has 0 unspecified atom stereocenters. The predicted octanol–water partition coefficient (Wildman–Crippen LogP) is 6.10. The number of phenolic OH excluding ortho intramolecular Hbond substituents is 1. The molecule has 1 aromatic carbocycles. The van der Waals surface area contributed by atoms with Gasteiger partial charge < -0.3 is 20.3 Å². The van der Waals surface area contributed by atoms with Gasteiger partial charge in [-0.3, -0.25) is 0 Å². The number of aromatic hydroxyl groups is 1. The topological polar surface area (TPSA) is 80.2 Å². The standard InChI is InChI=1S/C14H11F3N4O.C7H15N.C2H6.CH4/c1-21-5-4-9-12(21)11(19-20-13(9)18)8-3-2-7(6-10(8)22)14(15,16)17;1-2-8-6-4-3-5-7-8;1-2;/h2-6,22H,1H3,(H2,18,20);2-7H2,1H3;1-2H3;1H4. The number of piperidine rings is 1. The van der Waals surface area contributed by atoms with Crippen LogP contribution < -0.4 is 5.73 Å². The number of anilines is 1. The van der Waals surface area contributed by atoms with Crippen LogP contribution in [0.25, 0.3) is 22.2 Å². The van der Waals surface area contributed by atoms with Gasteiger partial charge in [-0.1, -0.05) is 34.6 Å². The van der Waals surface area contributed by atoms with E-state index in [9.17, 15) is 18.3 Å². The van der Waals surface area contributed by atoms with E-state index < -0.39 is 17.5 Å². The minimum Gasteiger partial charge on any atom is -0.507 e. The number of aromatic nitrogens is 3. The fourth-order valence-corrected chi connectivity index (χ4v) is 3.60. The molecule has 0 atom stereocenters. The SMILES string of the molecule is C.CC.CCN1CCCCC1.Cn1ccc2c(N)nnc(-c3ccc(C(F)(F)F)cc3O)c21. The van der Waals surface area contributed by atoms with E-state index in [0.717, 1.165) is 6.07 Å². The number of nitrogens with two attached hydrogens (primary N) is 1. The van der Waals surface area contributed by atoms with Crippen molar-refractivity contribution in [3.8, 4) is 17.0 Å². The highest BCUT2D eigenvalue weighted by Gasteiger charge is 2.31. The molecule has 1 aliphatic heterocycles. The molecule has 0 saturated carbocycles. The number of aryl methyl sites for hydroxylation is 1. The quantitative estimate of drug-likeness (QED) is 0.476. The van der Waals surface area contributed by atoms with Crippen molar-refractivity contribution in [1.29, 1.82) is 0 Å². The summed E-state index contributed by atoms with van der Waals surface area (Å²) in [7, 11) is 1.74. The summed E-state index contributed by atoms with van der Waals surface area (Å²) in [5.41, 5.74) is 5.82. The van der Waals surface area contributed by atoms with E-state index >= 15 is 0 Å². The normalized spacial score (nSPS) is 13.9. The highest BCUT2D eigenvalue weighted by molar-refractivity contribution is 5.98. The number of nitrogens with zero attached hydrogens (tertiary/aromatic N) is 4. The summed E-state index contributed by atoms with van der Waals surface area (Å²) in [6.07, 6.45) is 1.51. The monoisotopic (exact) mass is 467 g/mol. The average molecular weight is 468 g/mol. The van der Waals surface area contributed by atoms with Gasteiger partial charge in [0.05, 0.1) is 11.1 Å². The Morgan fingerprint density at radius 1 is 1.06 bits per heavy atom. The van der Waals surface area contributed by atoms with Crippen molar-refractivity contribution in [1.82, 2.24) is 19.7 Å². The third-order valence-electron chi connectivity index (χ3n) is 5.31. The van der Waals surface area contributed by atoms with Crippen molar-refractivity contribution < 1.29 is 18.3 Å². The van der Waals surface area contributed by atoms with Crippen LogP contribution in [0.4, 0.5) is 19.0 Å². The molecule has 0 spiro atoms. The molecule has 9 heteroatoms. The Morgan fingerprint density at radius 3 is 2.21 bits per heavy atom. The van der Waals surface area contributed by atoms with Gasteiger partial charge in [-0.15, -0.1) is 10.2 Å². The van der Waals surface area contributed by atoms with Crippen molar-refractivity contribution in [3.63, 3.8) is 0 Å². The molecule has 184 valence electrons. The van der Waals surface area contributed by atoms with Crippen molar-refractivity contribution >= 4 is 16.7 Å². The first-order valence-electron chi connectivity index (χ1n) is 10.9. The van der Waals surface area contributed by atoms with Gasteiger partial charge in [0.2, 0.25) is 0 Å². The number of alkyl halides is 3. The van der Waals surface area contributed by atoms with Crippen LogP contribution in [0.3, 0.4) is 0 Å². The van der Waals surface area contributed by atoms with Crippen LogP contribution in [0.15, 0.2) is 30.5 Å². The minimum absolute atomic E-state index is 0. The average Bonchev–Trinajstić information content (AvgIpc) is 3.19. The third kappa shape index (κ3) is 6.83. The van der Waals surface area contributed by atoms with Crippen LogP contribution in [0.1, 0.15) is 53.0 Å². The molecule has 33 heavy (non-hydrogen) atoms. The molecule has 0 bridgehead atoms. The second-order valence-electron chi connectivity index (χ2n) is 7.35. The summed E-state index contributed by atoms with van der Waals surface area (Å²) in [5, 5.41) is 18.3. The summed E-state index contributed by atoms with van der Waals surface area (Å²) in [5.74, 6) is -0.304. The van der Waals surface area contributed by atoms with E-state index in [0.29, 0.717) is 17.0 Å². The first-order chi connectivity index (χ1) is 15.2. The maximum absolute atomic E-state index is 12.7. The largest absolute Gasteiger partial charge is 0.507 e. The van der Waals surface area contributed by atoms with E-state index in [1.807, 2.05) is 13.8 Å². The van der Waals surface area contributed by atoms with Gasteiger partial charge in [0.1, 0.15) is 11.4 Å². The number of nitrogen functional groups attached to an aromatic ring is 1. The molecule has 3 N–H and O–H groups in total. The van der Waals surface area contributed by atoms with E-state index in [4.69, 9.17) is 5.73 Å². The van der Waals surface area contributed by atoms with Crippen LogP contribution in [0, 0.1) is 0 Å². The molecule has 1 saturated heterocycles. The first-order valence-corrected chi connectivity index (χ1v) is 10.9. The zero-order chi connectivity index (χ0) is 23.9. The molecule has 3 heterocycles. The van der Waals surface area contributed by atoms with Crippen molar-refractivity contribution in [2.75, 3.05) is 25.4 Å². The van der Waals surface area contributed by atoms with Crippen molar-refractivity contribution in [2.45, 2.75) is 53.6 Å². The molecular formula is C24H36F3N5O. The lowest BCUT2D eigenvalue weighted by Crippen LogP contribution is -2.29. The van der Waals surface area contributed by atoms with Crippen LogP contribution in [0.5, 0.6) is 5.75 Å². The fraction of sp³-hybridized carbons (Fsp3) is 0.500. The zero-order valence-corrected chi connectivity index (χ0v) is 19.1. The number of hydrogen-bond acceptors (Lipinski definition) is 5. The number of benzene rings is 1. The summed E-state index contributed by atoms with van der Waals surface area (Å²) in [6, 6.07) is 4.46. The maximum Gasteiger partial charge on any atom is 0.416 e. The number of likely N-dealkylation sites (tertiary alicyclic amines) is 1. The summed E-state index contributed by atoms with van der Waals surface area (Å²) in [4.78, 5) is 2.52. The lowest BCUT2D eigenvalue weighted by Gasteiger charge is -2.24. The zero-order valence-electron chi connectivity index (χ0n) is 19.1. The van der Waals surface area contributed by atoms with Crippen LogP contribution in [-0.4, -0.2) is 44.4 Å². The Kier molecular flexibility index (Phi) is 10.6. The van der Waals surface area contributed by atoms with E-state index in [2.05, 4.69) is 22.0 Å². The molecule has 0 radical (unpaired) electrons. The third-order valence-corrected chi connectivity index (χ3v) is 5.31. The summed E-state index contributed by atoms with van der Waals surface area (Å²) < 4.78 is 39.7. The molecule has 3 aromatic rings. The molecule has 1 aliphatic rings. The van der Waals surface area contributed by atoms with Gasteiger partial charge in [0, 0.05) is 24.2 Å². The molecule has 0 amide bonds.